The molecule has 2 nitrogen and oxygen atoms in total. The summed E-state index contributed by atoms with van der Waals surface area (Å²) in [5, 5.41) is 0. The van der Waals surface area contributed by atoms with Gasteiger partial charge in [0, 0.05) is 25.2 Å². The van der Waals surface area contributed by atoms with Crippen LogP contribution in [0.5, 0.6) is 0 Å². The molecule has 15 heavy (non-hydrogen) atoms. The molecule has 0 heterocycles. The maximum absolute atomic E-state index is 12.3. The summed E-state index contributed by atoms with van der Waals surface area (Å²) in [5.74, 6) is 0. The first-order chi connectivity index (χ1) is 7.13. The number of rotatable bonds is 5. The lowest BCUT2D eigenvalue weighted by Crippen LogP contribution is -2.24. The third-order valence-electron chi connectivity index (χ3n) is 2.20. The van der Waals surface area contributed by atoms with Crippen molar-refractivity contribution in [1.82, 2.24) is 4.90 Å². The molecule has 0 spiro atoms. The van der Waals surface area contributed by atoms with Crippen LogP contribution in [0.1, 0.15) is 17.6 Å². The van der Waals surface area contributed by atoms with Crippen LogP contribution >= 0.6 is 0 Å². The van der Waals surface area contributed by atoms with Crippen molar-refractivity contribution in [2.75, 3.05) is 20.1 Å². The Bertz CT molecular complexity index is 285. The van der Waals surface area contributed by atoms with Crippen LogP contribution < -0.4 is 5.73 Å². The molecule has 0 saturated heterocycles. The molecule has 0 fully saturated rings. The Kier molecular flexibility index (Phi) is 4.65. The minimum Gasteiger partial charge on any atom is -0.329 e. The predicted molar refractivity (Wildman–Crippen MR) is 56.8 cm³/mol. The fraction of sp³-hybridized carbons (Fsp3) is 0.455. The van der Waals surface area contributed by atoms with Crippen molar-refractivity contribution in [2.45, 2.75) is 13.0 Å². The molecule has 4 heteroatoms. The van der Waals surface area contributed by atoms with Crippen molar-refractivity contribution in [1.29, 1.82) is 0 Å². The van der Waals surface area contributed by atoms with Crippen LogP contribution in [0.15, 0.2) is 24.3 Å². The average Bonchev–Trinajstić information content (AvgIpc) is 2.18. The summed E-state index contributed by atoms with van der Waals surface area (Å²) in [6.07, 6.45) is -2.39. The zero-order valence-electron chi connectivity index (χ0n) is 8.79. The molecule has 2 N–H and O–H groups in total. The number of hydrogen-bond donors (Lipinski definition) is 1. The second-order valence-electron chi connectivity index (χ2n) is 3.57. The summed E-state index contributed by atoms with van der Waals surface area (Å²) < 4.78 is 24.5. The summed E-state index contributed by atoms with van der Waals surface area (Å²) >= 11 is 0. The zero-order valence-corrected chi connectivity index (χ0v) is 8.79. The summed E-state index contributed by atoms with van der Waals surface area (Å²) in [6, 6.07) is 6.40. The molecule has 0 aromatic heterocycles. The summed E-state index contributed by atoms with van der Waals surface area (Å²) in [5.41, 5.74) is 6.50. The smallest absolute Gasteiger partial charge is 0.263 e. The van der Waals surface area contributed by atoms with Crippen molar-refractivity contribution in [3.8, 4) is 0 Å². The highest BCUT2D eigenvalue weighted by Crippen LogP contribution is 2.18. The highest BCUT2D eigenvalue weighted by molar-refractivity contribution is 5.23. The molecule has 0 aliphatic heterocycles. The Labute approximate surface area is 88.7 Å². The molecule has 84 valence electrons. The molecule has 0 unspecified atom stereocenters. The van der Waals surface area contributed by atoms with Gasteiger partial charge in [-0.25, -0.2) is 8.78 Å². The van der Waals surface area contributed by atoms with Gasteiger partial charge in [0.15, 0.2) is 0 Å². The minimum atomic E-state index is -2.39. The first-order valence-corrected chi connectivity index (χ1v) is 4.89. The Morgan fingerprint density at radius 2 is 1.87 bits per heavy atom. The fourth-order valence-electron chi connectivity index (χ4n) is 1.38. The molecule has 1 rings (SSSR count). The summed E-state index contributed by atoms with van der Waals surface area (Å²) in [7, 11) is 1.95. The van der Waals surface area contributed by atoms with Gasteiger partial charge in [0.25, 0.3) is 6.43 Å². The Morgan fingerprint density at radius 1 is 1.27 bits per heavy atom. The molecule has 1 aromatic rings. The maximum atomic E-state index is 12.3. The molecular weight excluding hydrogens is 198 g/mol. The lowest BCUT2D eigenvalue weighted by molar-refractivity contribution is 0.151. The number of halogens is 2. The molecular formula is C11H16F2N2. The van der Waals surface area contributed by atoms with Crippen LogP contribution in [0.3, 0.4) is 0 Å². The van der Waals surface area contributed by atoms with Gasteiger partial charge >= 0.3 is 0 Å². The van der Waals surface area contributed by atoms with E-state index >= 15 is 0 Å². The quantitative estimate of drug-likeness (QED) is 0.812. The first-order valence-electron chi connectivity index (χ1n) is 4.89. The van der Waals surface area contributed by atoms with Gasteiger partial charge in [0.2, 0.25) is 0 Å². The molecule has 0 bridgehead atoms. The number of likely N-dealkylation sites (N-methyl/N-ethyl adjacent to an activating group) is 1. The molecule has 0 aliphatic carbocycles. The first kappa shape index (κ1) is 12.1. The van der Waals surface area contributed by atoms with Crippen molar-refractivity contribution in [3.05, 3.63) is 35.4 Å². The zero-order chi connectivity index (χ0) is 11.3. The SMILES string of the molecule is CN(CCN)Cc1ccc(C(F)F)cc1. The van der Waals surface area contributed by atoms with Gasteiger partial charge in [0.1, 0.15) is 0 Å². The van der Waals surface area contributed by atoms with Crippen LogP contribution in [0.2, 0.25) is 0 Å². The molecule has 0 radical (unpaired) electrons. The van der Waals surface area contributed by atoms with Crippen LogP contribution in [-0.2, 0) is 6.54 Å². The highest BCUT2D eigenvalue weighted by atomic mass is 19.3. The Morgan fingerprint density at radius 3 is 2.33 bits per heavy atom. The van der Waals surface area contributed by atoms with Crippen LogP contribution in [0.25, 0.3) is 0 Å². The third-order valence-corrected chi connectivity index (χ3v) is 2.20. The van der Waals surface area contributed by atoms with Gasteiger partial charge in [-0.3, -0.25) is 0 Å². The third kappa shape index (κ3) is 3.93. The highest BCUT2D eigenvalue weighted by Gasteiger charge is 2.06. The summed E-state index contributed by atoms with van der Waals surface area (Å²) in [4.78, 5) is 2.05. The minimum absolute atomic E-state index is 0.0697. The molecule has 0 saturated carbocycles. The molecule has 1 aromatic carbocycles. The van der Waals surface area contributed by atoms with Crippen LogP contribution in [-0.4, -0.2) is 25.0 Å². The molecule has 0 aliphatic rings. The largest absolute Gasteiger partial charge is 0.329 e. The van der Waals surface area contributed by atoms with Gasteiger partial charge in [-0.1, -0.05) is 24.3 Å². The standard InChI is InChI=1S/C11H16F2N2/c1-15(7-6-14)8-9-2-4-10(5-3-9)11(12)13/h2-5,11H,6-8,14H2,1H3. The summed E-state index contributed by atoms with van der Waals surface area (Å²) in [6.45, 7) is 2.14. The van der Waals surface area contributed by atoms with Crippen molar-refractivity contribution in [3.63, 3.8) is 0 Å². The van der Waals surface area contributed by atoms with E-state index in [0.29, 0.717) is 6.54 Å². The van der Waals surface area contributed by atoms with Crippen molar-refractivity contribution in [2.24, 2.45) is 5.73 Å². The van der Waals surface area contributed by atoms with Gasteiger partial charge in [0.05, 0.1) is 0 Å². The van der Waals surface area contributed by atoms with Crippen molar-refractivity contribution >= 4 is 0 Å². The van der Waals surface area contributed by atoms with E-state index in [-0.39, 0.29) is 5.56 Å². The van der Waals surface area contributed by atoms with Crippen molar-refractivity contribution < 1.29 is 8.78 Å². The van der Waals surface area contributed by atoms with Crippen LogP contribution in [0, 0.1) is 0 Å². The van der Waals surface area contributed by atoms with E-state index in [1.807, 2.05) is 7.05 Å². The normalized spacial score (nSPS) is 11.3. The Balaban J connectivity index is 2.56. The fourth-order valence-corrected chi connectivity index (χ4v) is 1.38. The van der Waals surface area contributed by atoms with E-state index in [1.54, 1.807) is 12.1 Å². The lowest BCUT2D eigenvalue weighted by atomic mass is 10.1. The number of benzene rings is 1. The van der Waals surface area contributed by atoms with Gasteiger partial charge in [-0.2, -0.15) is 0 Å². The van der Waals surface area contributed by atoms with E-state index in [4.69, 9.17) is 5.73 Å². The van der Waals surface area contributed by atoms with E-state index in [9.17, 15) is 8.78 Å². The predicted octanol–water partition coefficient (Wildman–Crippen LogP) is 2.01. The maximum Gasteiger partial charge on any atom is 0.263 e. The van der Waals surface area contributed by atoms with Gasteiger partial charge < -0.3 is 10.6 Å². The molecule has 0 atom stereocenters. The van der Waals surface area contributed by atoms with E-state index < -0.39 is 6.43 Å². The number of nitrogens with zero attached hydrogens (tertiary/aromatic N) is 1. The van der Waals surface area contributed by atoms with E-state index in [0.717, 1.165) is 18.7 Å². The van der Waals surface area contributed by atoms with Crippen LogP contribution in [0.4, 0.5) is 8.78 Å². The second kappa shape index (κ2) is 5.78. The van der Waals surface area contributed by atoms with E-state index in [2.05, 4.69) is 4.90 Å². The topological polar surface area (TPSA) is 29.3 Å². The number of hydrogen-bond acceptors (Lipinski definition) is 2. The average molecular weight is 214 g/mol. The number of alkyl halides is 2. The second-order valence-corrected chi connectivity index (χ2v) is 3.57. The number of nitrogens with two attached hydrogens (primary N) is 1. The monoisotopic (exact) mass is 214 g/mol. The van der Waals surface area contributed by atoms with E-state index in [1.165, 1.54) is 12.1 Å². The van der Waals surface area contributed by atoms with Gasteiger partial charge in [-0.05, 0) is 12.6 Å². The Hall–Kier alpha value is -1.00. The van der Waals surface area contributed by atoms with Gasteiger partial charge in [-0.15, -0.1) is 0 Å². The lowest BCUT2D eigenvalue weighted by Gasteiger charge is -2.15. The molecule has 0 amide bonds.